The maximum atomic E-state index is 14.7. The van der Waals surface area contributed by atoms with Crippen LogP contribution in [0.1, 0.15) is 79.5 Å². The average molecular weight is 1100 g/mol. The lowest BCUT2D eigenvalue weighted by Gasteiger charge is -2.49. The summed E-state index contributed by atoms with van der Waals surface area (Å²) in [7, 11) is -8.23. The van der Waals surface area contributed by atoms with Gasteiger partial charge in [-0.2, -0.15) is 52.7 Å². The van der Waals surface area contributed by atoms with Gasteiger partial charge >= 0.3 is 24.7 Å². The Morgan fingerprint density at radius 1 is 0.541 bits per heavy atom. The maximum Gasteiger partial charge on any atom is 0.416 e. The molecule has 2 aromatic heterocycles. The molecule has 4 aliphatic rings. The molecule has 0 radical (unpaired) electrons. The van der Waals surface area contributed by atoms with Gasteiger partial charge in [0, 0.05) is 67.0 Å². The molecule has 4 aromatic rings. The molecule has 0 unspecified atom stereocenters. The van der Waals surface area contributed by atoms with Crippen molar-refractivity contribution in [2.75, 3.05) is 58.8 Å². The Balaban J connectivity index is 1.07. The summed E-state index contributed by atoms with van der Waals surface area (Å²) in [6, 6.07) is 5.29. The Morgan fingerprint density at radius 2 is 0.973 bits per heavy atom. The van der Waals surface area contributed by atoms with Crippen LogP contribution in [0.25, 0.3) is 22.5 Å². The van der Waals surface area contributed by atoms with Gasteiger partial charge in [-0.15, -0.1) is 20.4 Å². The highest BCUT2D eigenvalue weighted by Crippen LogP contribution is 2.47. The van der Waals surface area contributed by atoms with Crippen molar-refractivity contribution in [3.05, 3.63) is 70.8 Å². The predicted octanol–water partition coefficient (Wildman–Crippen LogP) is 9.91. The first kappa shape index (κ1) is 55.0. The molecule has 4 heterocycles. The molecule has 8 rings (SSSR count). The number of likely N-dealkylation sites (tertiary alicyclic amines) is 2. The van der Waals surface area contributed by atoms with Gasteiger partial charge in [0.05, 0.1) is 58.2 Å². The van der Waals surface area contributed by atoms with Gasteiger partial charge in [-0.05, 0) is 93.3 Å². The van der Waals surface area contributed by atoms with Gasteiger partial charge in [0.1, 0.15) is 0 Å². The number of nitrogens with zero attached hydrogens (tertiary/aromatic N) is 6. The number of benzene rings is 2. The highest BCUT2D eigenvalue weighted by Gasteiger charge is 2.49. The van der Waals surface area contributed by atoms with Crippen LogP contribution in [0.5, 0.6) is 0 Å². The van der Waals surface area contributed by atoms with E-state index in [-0.39, 0.29) is 85.5 Å². The molecule has 2 aliphatic carbocycles. The van der Waals surface area contributed by atoms with Crippen LogP contribution in [0.2, 0.25) is 0 Å². The molecule has 0 amide bonds. The topological polar surface area (TPSA) is 174 Å². The fourth-order valence-corrected chi connectivity index (χ4v) is 11.7. The summed E-state index contributed by atoms with van der Waals surface area (Å²) in [5.41, 5.74) is -2.81. The summed E-state index contributed by atoms with van der Waals surface area (Å²) in [6.07, 6.45) is -14.5. The fourth-order valence-electron chi connectivity index (χ4n) is 10.5. The molecule has 4 N–H and O–H groups in total. The number of sulfonamides is 2. The summed E-state index contributed by atoms with van der Waals surface area (Å²) >= 11 is 0. The molecule has 14 nitrogen and oxygen atoms in total. The number of halogens is 12. The normalized spacial score (nSPS) is 24.1. The standard InChI is InChI=1S/C46H52F12N10O4S2/c1-24-12-37(34-10-8-26(43(47,48)49)17-39(34)65-73(2,69)70)61-63-41(24)59-30-15-29(46(56,57)58)21-68(23-30)33-13-25(14-33)36-19-38(35-11-9-27(44(50,51)52)18-40(35)66-74(3,71)72)62-64-42(36)60-31-16-28(45(53,54)55)20-67(22-31)32-6-4-5-7-32/h8-12,17-19,25,28-33,65-66H,4-7,13-16,20-23H2,1-3H3,(H,59,63)(H,60,64)/t25?,28-,29-,30+,31+,33?/m0/s1. The van der Waals surface area contributed by atoms with Crippen molar-refractivity contribution in [2.24, 2.45) is 11.8 Å². The second-order valence-corrected chi connectivity index (χ2v) is 23.4. The number of piperidine rings is 2. The number of alkyl halides is 12. The zero-order valence-electron chi connectivity index (χ0n) is 39.8. The molecule has 4 atom stereocenters. The largest absolute Gasteiger partial charge is 0.416 e. The summed E-state index contributed by atoms with van der Waals surface area (Å²) < 4.78 is 223. The quantitative estimate of drug-likeness (QED) is 0.0935. The summed E-state index contributed by atoms with van der Waals surface area (Å²) in [6.45, 7) is 1.24. The Bertz CT molecular complexity index is 2930. The van der Waals surface area contributed by atoms with Crippen LogP contribution in [0.3, 0.4) is 0 Å². The van der Waals surface area contributed by atoms with Crippen molar-refractivity contribution in [1.29, 1.82) is 0 Å². The van der Waals surface area contributed by atoms with E-state index in [0.717, 1.165) is 62.5 Å². The lowest BCUT2D eigenvalue weighted by molar-refractivity contribution is -0.191. The van der Waals surface area contributed by atoms with Crippen LogP contribution in [0.4, 0.5) is 75.7 Å². The van der Waals surface area contributed by atoms with Crippen LogP contribution in [0.15, 0.2) is 48.5 Å². The van der Waals surface area contributed by atoms with Gasteiger partial charge < -0.3 is 10.6 Å². The van der Waals surface area contributed by atoms with E-state index in [1.165, 1.54) is 19.1 Å². The van der Waals surface area contributed by atoms with E-state index in [4.69, 9.17) is 0 Å². The molecule has 2 aliphatic heterocycles. The first-order valence-electron chi connectivity index (χ1n) is 23.5. The molecule has 2 saturated heterocycles. The van der Waals surface area contributed by atoms with Gasteiger partial charge in [-0.3, -0.25) is 19.2 Å². The maximum absolute atomic E-state index is 14.7. The Labute approximate surface area is 418 Å². The first-order valence-corrected chi connectivity index (χ1v) is 27.3. The van der Waals surface area contributed by atoms with Crippen molar-refractivity contribution < 1.29 is 69.5 Å². The molecule has 4 fully saturated rings. The smallest absolute Gasteiger partial charge is 0.364 e. The SMILES string of the molecule is Cc1cc(-c2ccc(C(F)(F)F)cc2NS(C)(=O)=O)nnc1N[C@@H]1C[C@H](C(F)(F)F)CN(C2CC(c3cc(-c4ccc(C(F)(F)F)cc4NS(C)(=O)=O)nnc3N[C@@H]3C[C@H](C(F)(F)F)CN(C4CCCC4)C3)C2)C1. The van der Waals surface area contributed by atoms with Crippen LogP contribution in [-0.4, -0.2) is 122 Å². The molecule has 28 heteroatoms. The monoisotopic (exact) mass is 1100 g/mol. The minimum Gasteiger partial charge on any atom is -0.364 e. The molecular formula is C46H52F12N10O4S2. The second kappa shape index (κ2) is 20.4. The number of aromatic nitrogens is 4. The first-order chi connectivity index (χ1) is 34.3. The molecule has 0 bridgehead atoms. The Kier molecular flexibility index (Phi) is 15.2. The minimum atomic E-state index is -4.87. The van der Waals surface area contributed by atoms with Crippen LogP contribution in [0, 0.1) is 18.8 Å². The molecule has 0 spiro atoms. The third kappa shape index (κ3) is 13.2. The molecule has 2 aromatic carbocycles. The van der Waals surface area contributed by atoms with E-state index < -0.39 is 110 Å². The van der Waals surface area contributed by atoms with E-state index in [0.29, 0.717) is 23.3 Å². The van der Waals surface area contributed by atoms with E-state index in [9.17, 15) is 69.5 Å². The van der Waals surface area contributed by atoms with E-state index >= 15 is 0 Å². The van der Waals surface area contributed by atoms with Crippen molar-refractivity contribution in [1.82, 2.24) is 30.2 Å². The number of hydrogen-bond donors (Lipinski definition) is 4. The van der Waals surface area contributed by atoms with Gasteiger partial charge in [0.2, 0.25) is 20.0 Å². The summed E-state index contributed by atoms with van der Waals surface area (Å²) in [4.78, 5) is 3.48. The van der Waals surface area contributed by atoms with Crippen LogP contribution >= 0.6 is 0 Å². The zero-order chi connectivity index (χ0) is 53.9. The highest BCUT2D eigenvalue weighted by atomic mass is 32.2. The van der Waals surface area contributed by atoms with Crippen molar-refractivity contribution in [2.45, 2.75) is 113 Å². The lowest BCUT2D eigenvalue weighted by atomic mass is 9.73. The zero-order valence-corrected chi connectivity index (χ0v) is 41.4. The number of anilines is 4. The molecule has 74 heavy (non-hydrogen) atoms. The highest BCUT2D eigenvalue weighted by molar-refractivity contribution is 7.92. The van der Waals surface area contributed by atoms with Gasteiger partial charge in [0.15, 0.2) is 11.6 Å². The van der Waals surface area contributed by atoms with Crippen LogP contribution in [-0.2, 0) is 32.4 Å². The third-order valence-electron chi connectivity index (χ3n) is 14.1. The summed E-state index contributed by atoms with van der Waals surface area (Å²) in [5, 5.41) is 23.0. The predicted molar refractivity (Wildman–Crippen MR) is 251 cm³/mol. The Hall–Kier alpha value is -5.22. The van der Waals surface area contributed by atoms with E-state index in [1.54, 1.807) is 4.90 Å². The van der Waals surface area contributed by atoms with Gasteiger partial charge in [0.25, 0.3) is 0 Å². The molecule has 406 valence electrons. The van der Waals surface area contributed by atoms with Crippen molar-refractivity contribution >= 4 is 43.1 Å². The number of hydrogen-bond acceptors (Lipinski definition) is 12. The fraction of sp³-hybridized carbons (Fsp3) is 0.565. The third-order valence-corrected chi connectivity index (χ3v) is 15.3. The summed E-state index contributed by atoms with van der Waals surface area (Å²) in [5.74, 6) is -3.91. The van der Waals surface area contributed by atoms with Crippen molar-refractivity contribution in [3.8, 4) is 22.5 Å². The number of nitrogens with one attached hydrogen (secondary N) is 4. The minimum absolute atomic E-state index is 0.0366. The van der Waals surface area contributed by atoms with Crippen LogP contribution < -0.4 is 20.1 Å². The lowest BCUT2D eigenvalue weighted by Crippen LogP contribution is -2.56. The average Bonchev–Trinajstić information content (AvgIpc) is 3.80. The van der Waals surface area contributed by atoms with E-state index in [2.05, 4.69) is 40.5 Å². The number of aryl methyl sites for hydroxylation is 1. The molecule has 2 saturated carbocycles. The molecular weight excluding hydrogens is 1050 g/mol. The number of rotatable bonds is 13. The van der Waals surface area contributed by atoms with E-state index in [1.807, 2.05) is 4.90 Å². The van der Waals surface area contributed by atoms with Crippen molar-refractivity contribution in [3.63, 3.8) is 0 Å². The Morgan fingerprint density at radius 3 is 1.41 bits per heavy atom. The van der Waals surface area contributed by atoms with Gasteiger partial charge in [-0.25, -0.2) is 16.8 Å². The second-order valence-electron chi connectivity index (χ2n) is 19.9. The van der Waals surface area contributed by atoms with Gasteiger partial charge in [-0.1, -0.05) is 25.0 Å².